The van der Waals surface area contributed by atoms with Gasteiger partial charge in [0.1, 0.15) is 5.75 Å². The van der Waals surface area contributed by atoms with Crippen molar-refractivity contribution in [3.63, 3.8) is 0 Å². The summed E-state index contributed by atoms with van der Waals surface area (Å²) in [4.78, 5) is 11.9. The molecular weight excluding hydrogens is 212 g/mol. The normalized spacial score (nSPS) is 20.9. The minimum atomic E-state index is 0.302. The van der Waals surface area contributed by atoms with Gasteiger partial charge in [-0.05, 0) is 55.4 Å². The fourth-order valence-corrected chi connectivity index (χ4v) is 3.21. The van der Waals surface area contributed by atoms with Gasteiger partial charge in [0.15, 0.2) is 5.78 Å². The van der Waals surface area contributed by atoms with E-state index in [1.54, 1.807) is 0 Å². The van der Waals surface area contributed by atoms with E-state index in [0.29, 0.717) is 17.8 Å². The van der Waals surface area contributed by atoms with Gasteiger partial charge < -0.3 is 4.74 Å². The van der Waals surface area contributed by atoms with E-state index in [1.807, 2.05) is 19.1 Å². The van der Waals surface area contributed by atoms with E-state index in [2.05, 4.69) is 6.07 Å². The number of Topliss-reactive ketones (excluding diaryl/α,β-unsaturated/α-hetero) is 1. The van der Waals surface area contributed by atoms with Gasteiger partial charge in [0, 0.05) is 12.0 Å². The Bertz CT molecular complexity index is 458. The topological polar surface area (TPSA) is 26.3 Å². The molecule has 0 heterocycles. The predicted molar refractivity (Wildman–Crippen MR) is 66.7 cm³/mol. The summed E-state index contributed by atoms with van der Waals surface area (Å²) in [7, 11) is 0. The van der Waals surface area contributed by atoms with Gasteiger partial charge in [0.25, 0.3) is 0 Å². The minimum Gasteiger partial charge on any atom is -0.494 e. The van der Waals surface area contributed by atoms with Gasteiger partial charge in [-0.1, -0.05) is 6.42 Å². The molecule has 1 spiro atoms. The maximum absolute atomic E-state index is 11.9. The zero-order chi connectivity index (χ0) is 11.9. The lowest BCUT2D eigenvalue weighted by molar-refractivity contribution is 0.0920. The molecule has 1 fully saturated rings. The number of hydrogen-bond donors (Lipinski definition) is 0. The summed E-state index contributed by atoms with van der Waals surface area (Å²) in [5.74, 6) is 1.22. The summed E-state index contributed by atoms with van der Waals surface area (Å²) in [6.45, 7) is 2.67. The van der Waals surface area contributed by atoms with E-state index in [-0.39, 0.29) is 0 Å². The van der Waals surface area contributed by atoms with Crippen LogP contribution >= 0.6 is 0 Å². The van der Waals surface area contributed by atoms with Crippen LogP contribution in [0.4, 0.5) is 0 Å². The van der Waals surface area contributed by atoms with Crippen molar-refractivity contribution >= 4 is 5.78 Å². The molecule has 2 aliphatic rings. The van der Waals surface area contributed by atoms with Crippen molar-refractivity contribution in [2.24, 2.45) is 0 Å². The fraction of sp³-hybridized carbons (Fsp3) is 0.533. The highest BCUT2D eigenvalue weighted by molar-refractivity contribution is 5.99. The Kier molecular flexibility index (Phi) is 2.46. The van der Waals surface area contributed by atoms with Crippen LogP contribution in [0.2, 0.25) is 0 Å². The molecule has 2 nitrogen and oxygen atoms in total. The first-order valence-corrected chi connectivity index (χ1v) is 6.56. The maximum Gasteiger partial charge on any atom is 0.163 e. The van der Waals surface area contributed by atoms with Gasteiger partial charge >= 0.3 is 0 Å². The summed E-state index contributed by atoms with van der Waals surface area (Å²) in [5.41, 5.74) is 2.50. The van der Waals surface area contributed by atoms with Crippen LogP contribution in [0.15, 0.2) is 18.2 Å². The van der Waals surface area contributed by atoms with Crippen LogP contribution in [0.1, 0.15) is 54.9 Å². The molecule has 1 saturated carbocycles. The van der Waals surface area contributed by atoms with Crippen LogP contribution < -0.4 is 4.74 Å². The van der Waals surface area contributed by atoms with Crippen LogP contribution in [-0.2, 0) is 5.41 Å². The molecule has 0 aromatic heterocycles. The zero-order valence-electron chi connectivity index (χ0n) is 10.3. The third kappa shape index (κ3) is 1.58. The number of hydrogen-bond acceptors (Lipinski definition) is 2. The first-order chi connectivity index (χ1) is 8.25. The molecule has 2 heteroatoms. The SMILES string of the molecule is CCOc1ccc2c(c1)C1(CCC1)CCC2=O. The molecule has 1 aromatic rings. The summed E-state index contributed by atoms with van der Waals surface area (Å²) in [5, 5.41) is 0. The number of carbonyl (C=O) groups excluding carboxylic acids is 1. The first kappa shape index (κ1) is 10.8. The number of carbonyl (C=O) groups is 1. The highest BCUT2D eigenvalue weighted by atomic mass is 16.5. The van der Waals surface area contributed by atoms with Gasteiger partial charge in [-0.3, -0.25) is 4.79 Å². The number of ether oxygens (including phenoxy) is 1. The maximum atomic E-state index is 11.9. The Balaban J connectivity index is 2.06. The molecule has 0 aliphatic heterocycles. The van der Waals surface area contributed by atoms with E-state index in [9.17, 15) is 4.79 Å². The molecule has 0 N–H and O–H groups in total. The van der Waals surface area contributed by atoms with Gasteiger partial charge in [0.2, 0.25) is 0 Å². The summed E-state index contributed by atoms with van der Waals surface area (Å²) >= 11 is 0. The van der Waals surface area contributed by atoms with Gasteiger partial charge in [-0.25, -0.2) is 0 Å². The first-order valence-electron chi connectivity index (χ1n) is 6.56. The molecular formula is C15H18O2. The predicted octanol–water partition coefficient (Wildman–Crippen LogP) is 3.48. The molecule has 0 bridgehead atoms. The molecule has 0 unspecified atom stereocenters. The average molecular weight is 230 g/mol. The van der Waals surface area contributed by atoms with E-state index in [1.165, 1.54) is 24.8 Å². The molecule has 2 aliphatic carbocycles. The quantitative estimate of drug-likeness (QED) is 0.777. The van der Waals surface area contributed by atoms with Gasteiger partial charge in [-0.2, -0.15) is 0 Å². The molecule has 0 radical (unpaired) electrons. The smallest absolute Gasteiger partial charge is 0.163 e. The lowest BCUT2D eigenvalue weighted by Crippen LogP contribution is -2.39. The lowest BCUT2D eigenvalue weighted by atomic mass is 9.58. The molecule has 0 saturated heterocycles. The molecule has 0 atom stereocenters. The van der Waals surface area contributed by atoms with Crippen molar-refractivity contribution in [3.05, 3.63) is 29.3 Å². The van der Waals surface area contributed by atoms with Crippen molar-refractivity contribution in [1.29, 1.82) is 0 Å². The van der Waals surface area contributed by atoms with Crippen molar-refractivity contribution in [1.82, 2.24) is 0 Å². The zero-order valence-corrected chi connectivity index (χ0v) is 10.3. The van der Waals surface area contributed by atoms with Crippen LogP contribution in [0.25, 0.3) is 0 Å². The van der Waals surface area contributed by atoms with E-state index < -0.39 is 0 Å². The van der Waals surface area contributed by atoms with Crippen molar-refractivity contribution in [2.75, 3.05) is 6.61 Å². The van der Waals surface area contributed by atoms with Gasteiger partial charge in [-0.15, -0.1) is 0 Å². The summed E-state index contributed by atoms with van der Waals surface area (Å²) < 4.78 is 5.56. The molecule has 3 rings (SSSR count). The molecule has 1 aromatic carbocycles. The number of fused-ring (bicyclic) bond motifs is 2. The summed E-state index contributed by atoms with van der Waals surface area (Å²) in [6.07, 6.45) is 5.54. The van der Waals surface area contributed by atoms with E-state index in [0.717, 1.165) is 24.2 Å². The Morgan fingerprint density at radius 3 is 2.76 bits per heavy atom. The highest BCUT2D eigenvalue weighted by Gasteiger charge is 2.43. The summed E-state index contributed by atoms with van der Waals surface area (Å²) in [6, 6.07) is 5.99. The second kappa shape index (κ2) is 3.86. The second-order valence-corrected chi connectivity index (χ2v) is 5.20. The van der Waals surface area contributed by atoms with Crippen LogP contribution in [0.3, 0.4) is 0 Å². The van der Waals surface area contributed by atoms with Gasteiger partial charge in [0.05, 0.1) is 6.61 Å². The number of ketones is 1. The standard InChI is InChI=1S/C15H18O2/c1-2-17-11-4-5-12-13(10-11)15(7-3-8-15)9-6-14(12)16/h4-5,10H,2-3,6-9H2,1H3. The van der Waals surface area contributed by atoms with Crippen molar-refractivity contribution < 1.29 is 9.53 Å². The van der Waals surface area contributed by atoms with Crippen LogP contribution in [0.5, 0.6) is 5.75 Å². The molecule has 0 amide bonds. The van der Waals surface area contributed by atoms with E-state index in [4.69, 9.17) is 4.74 Å². The minimum absolute atomic E-state index is 0.302. The third-order valence-corrected chi connectivity index (χ3v) is 4.32. The van der Waals surface area contributed by atoms with E-state index >= 15 is 0 Å². The fourth-order valence-electron chi connectivity index (χ4n) is 3.21. The Morgan fingerprint density at radius 2 is 2.12 bits per heavy atom. The lowest BCUT2D eigenvalue weighted by Gasteiger charge is -2.46. The second-order valence-electron chi connectivity index (χ2n) is 5.20. The Labute approximate surface area is 102 Å². The highest BCUT2D eigenvalue weighted by Crippen LogP contribution is 2.51. The average Bonchev–Trinajstić information content (AvgIpc) is 2.28. The Hall–Kier alpha value is -1.31. The van der Waals surface area contributed by atoms with Crippen LogP contribution in [0, 0.1) is 0 Å². The monoisotopic (exact) mass is 230 g/mol. The Morgan fingerprint density at radius 1 is 1.29 bits per heavy atom. The van der Waals surface area contributed by atoms with Crippen molar-refractivity contribution in [3.8, 4) is 5.75 Å². The largest absolute Gasteiger partial charge is 0.494 e. The van der Waals surface area contributed by atoms with Crippen molar-refractivity contribution in [2.45, 2.75) is 44.4 Å². The molecule has 17 heavy (non-hydrogen) atoms. The number of benzene rings is 1. The number of rotatable bonds is 2. The van der Waals surface area contributed by atoms with Crippen LogP contribution in [-0.4, -0.2) is 12.4 Å². The third-order valence-electron chi connectivity index (χ3n) is 4.32. The molecule has 90 valence electrons.